The summed E-state index contributed by atoms with van der Waals surface area (Å²) in [4.78, 5) is 0. The average Bonchev–Trinajstić information content (AvgIpc) is 2.84. The highest BCUT2D eigenvalue weighted by atomic mass is 16.5. The van der Waals surface area contributed by atoms with E-state index in [-0.39, 0.29) is 0 Å². The van der Waals surface area contributed by atoms with E-state index in [0.29, 0.717) is 0 Å². The first-order chi connectivity index (χ1) is 15.4. The summed E-state index contributed by atoms with van der Waals surface area (Å²) >= 11 is 0. The van der Waals surface area contributed by atoms with Gasteiger partial charge in [0.05, 0.1) is 0 Å². The first kappa shape index (κ1) is 32.4. The maximum Gasteiger partial charge on any atom is 0.0466 e. The largest absolute Gasteiger partial charge is 0.381 e. The molecule has 0 aliphatic rings. The van der Waals surface area contributed by atoms with Gasteiger partial charge in [-0.05, 0) is 31.2 Å². The molecule has 1 aromatic rings. The van der Waals surface area contributed by atoms with E-state index in [9.17, 15) is 0 Å². The van der Waals surface area contributed by atoms with Gasteiger partial charge in [0.2, 0.25) is 0 Å². The summed E-state index contributed by atoms with van der Waals surface area (Å²) in [6.07, 6.45) is 23.4. The van der Waals surface area contributed by atoms with Gasteiger partial charge in [0.15, 0.2) is 0 Å². The maximum absolute atomic E-state index is 5.67. The predicted molar refractivity (Wildman–Crippen MR) is 143 cm³/mol. The minimum atomic E-state index is 0.973. The molecule has 1 rings (SSSR count). The number of hydrogen-bond donors (Lipinski definition) is 0. The molecule has 0 amide bonds. The van der Waals surface area contributed by atoms with Gasteiger partial charge >= 0.3 is 0 Å². The average molecular weight is 435 g/mol. The number of unbranched alkanes of at least 4 members (excludes halogenated alkanes) is 14. The molecule has 0 aliphatic carbocycles. The third-order valence-corrected chi connectivity index (χ3v) is 5.49. The highest BCUT2D eigenvalue weighted by Crippen LogP contribution is 2.13. The van der Waals surface area contributed by atoms with Crippen LogP contribution in [0.4, 0.5) is 0 Å². The van der Waals surface area contributed by atoms with Crippen molar-refractivity contribution in [2.24, 2.45) is 0 Å². The van der Waals surface area contributed by atoms with Gasteiger partial charge in [-0.15, -0.1) is 0 Å². The third kappa shape index (κ3) is 27.1. The molecular formula is C30H58O. The summed E-state index contributed by atoms with van der Waals surface area (Å²) in [7, 11) is 0. The lowest BCUT2D eigenvalue weighted by atomic mass is 10.0. The lowest BCUT2D eigenvalue weighted by Gasteiger charge is -2.05. The second-order valence-electron chi connectivity index (χ2n) is 8.15. The van der Waals surface area contributed by atoms with E-state index >= 15 is 0 Å². The second kappa shape index (κ2) is 31.4. The number of ether oxygens (including phenoxy) is 1. The van der Waals surface area contributed by atoms with Crippen LogP contribution in [0.1, 0.15) is 143 Å². The van der Waals surface area contributed by atoms with Crippen LogP contribution in [-0.2, 0) is 11.2 Å². The van der Waals surface area contributed by atoms with E-state index < -0.39 is 0 Å². The zero-order chi connectivity index (χ0) is 23.3. The highest BCUT2D eigenvalue weighted by molar-refractivity contribution is 5.14. The second-order valence-corrected chi connectivity index (χ2v) is 8.15. The molecule has 184 valence electrons. The van der Waals surface area contributed by atoms with Gasteiger partial charge in [-0.1, -0.05) is 148 Å². The van der Waals surface area contributed by atoms with Crippen molar-refractivity contribution in [1.29, 1.82) is 0 Å². The summed E-state index contributed by atoms with van der Waals surface area (Å²) in [5.74, 6) is 0. The van der Waals surface area contributed by atoms with Gasteiger partial charge in [-0.3, -0.25) is 0 Å². The fourth-order valence-electron chi connectivity index (χ4n) is 3.68. The van der Waals surface area contributed by atoms with Crippen molar-refractivity contribution in [2.75, 3.05) is 13.2 Å². The van der Waals surface area contributed by atoms with Crippen molar-refractivity contribution >= 4 is 0 Å². The smallest absolute Gasteiger partial charge is 0.0466 e. The Balaban J connectivity index is 0. The van der Waals surface area contributed by atoms with Gasteiger partial charge in [0.25, 0.3) is 0 Å². The number of rotatable bonds is 20. The Morgan fingerprint density at radius 1 is 0.484 bits per heavy atom. The van der Waals surface area contributed by atoms with Crippen molar-refractivity contribution in [3.8, 4) is 0 Å². The van der Waals surface area contributed by atoms with Crippen LogP contribution in [0.25, 0.3) is 0 Å². The molecule has 0 unspecified atom stereocenters. The van der Waals surface area contributed by atoms with Crippen LogP contribution in [0.3, 0.4) is 0 Å². The topological polar surface area (TPSA) is 9.23 Å². The fraction of sp³-hybridized carbons (Fsp3) is 0.800. The van der Waals surface area contributed by atoms with Crippen molar-refractivity contribution in [3.63, 3.8) is 0 Å². The van der Waals surface area contributed by atoms with Crippen LogP contribution in [0.15, 0.2) is 30.3 Å². The minimum Gasteiger partial charge on any atom is -0.381 e. The molecule has 0 spiro atoms. The molecule has 1 heteroatoms. The predicted octanol–water partition coefficient (Wildman–Crippen LogP) is 10.6. The zero-order valence-corrected chi connectivity index (χ0v) is 22.2. The number of hydrogen-bond acceptors (Lipinski definition) is 1. The molecule has 0 bridgehead atoms. The van der Waals surface area contributed by atoms with Crippen LogP contribution >= 0.6 is 0 Å². The molecule has 0 saturated carbocycles. The quantitative estimate of drug-likeness (QED) is 0.185. The molecule has 0 fully saturated rings. The van der Waals surface area contributed by atoms with Gasteiger partial charge in [0, 0.05) is 13.2 Å². The van der Waals surface area contributed by atoms with Crippen molar-refractivity contribution in [1.82, 2.24) is 0 Å². The Kier molecular flexibility index (Phi) is 32.7. The summed E-state index contributed by atoms with van der Waals surface area (Å²) in [5.41, 5.74) is 1.50. The molecule has 1 aromatic carbocycles. The lowest BCUT2D eigenvalue weighted by molar-refractivity contribution is 0.126. The molecule has 0 N–H and O–H groups in total. The lowest BCUT2D eigenvalue weighted by Crippen LogP contribution is -1.96. The molecule has 0 atom stereocenters. The van der Waals surface area contributed by atoms with E-state index in [1.54, 1.807) is 0 Å². The Bertz CT molecular complexity index is 387. The molecular weight excluding hydrogens is 376 g/mol. The van der Waals surface area contributed by atoms with Gasteiger partial charge in [-0.25, -0.2) is 0 Å². The van der Waals surface area contributed by atoms with Gasteiger partial charge in [0.1, 0.15) is 0 Å². The van der Waals surface area contributed by atoms with E-state index in [1.165, 1.54) is 115 Å². The van der Waals surface area contributed by atoms with Gasteiger partial charge < -0.3 is 4.74 Å². The first-order valence-corrected chi connectivity index (χ1v) is 14.0. The Labute approximate surface area is 197 Å². The number of benzene rings is 1. The van der Waals surface area contributed by atoms with E-state index in [0.717, 1.165) is 13.2 Å². The fourth-order valence-corrected chi connectivity index (χ4v) is 3.68. The standard InChI is InChI=1S/C26H46O.2C2H6/c1-2-3-19-24-27-25-20-14-12-10-8-6-4-5-7-9-11-13-16-21-26-22-17-15-18-23-26;2*1-2/h15,17-18,22-23H,2-14,16,19-21,24-25H2,1H3;2*1-2H3. The van der Waals surface area contributed by atoms with E-state index in [2.05, 4.69) is 37.3 Å². The SMILES string of the molecule is CC.CC.CCCCCOCCCCCCCCCCCCCCCc1ccccc1. The summed E-state index contributed by atoms with van der Waals surface area (Å²) in [5, 5.41) is 0. The summed E-state index contributed by atoms with van der Waals surface area (Å²) in [6, 6.07) is 10.9. The Hall–Kier alpha value is -0.820. The summed E-state index contributed by atoms with van der Waals surface area (Å²) in [6.45, 7) is 12.2. The van der Waals surface area contributed by atoms with Crippen LogP contribution in [-0.4, -0.2) is 13.2 Å². The molecule has 0 aliphatic heterocycles. The normalized spacial score (nSPS) is 10.1. The van der Waals surface area contributed by atoms with Crippen LogP contribution in [0.5, 0.6) is 0 Å². The van der Waals surface area contributed by atoms with Crippen molar-refractivity contribution in [2.45, 2.75) is 144 Å². The number of aryl methyl sites for hydroxylation is 1. The molecule has 0 saturated heterocycles. The molecule has 0 aromatic heterocycles. The molecule has 0 radical (unpaired) electrons. The van der Waals surface area contributed by atoms with Crippen LogP contribution in [0.2, 0.25) is 0 Å². The molecule has 31 heavy (non-hydrogen) atoms. The van der Waals surface area contributed by atoms with Crippen LogP contribution < -0.4 is 0 Å². The van der Waals surface area contributed by atoms with E-state index in [4.69, 9.17) is 4.74 Å². The zero-order valence-electron chi connectivity index (χ0n) is 22.2. The maximum atomic E-state index is 5.67. The summed E-state index contributed by atoms with van der Waals surface area (Å²) < 4.78 is 5.67. The first-order valence-electron chi connectivity index (χ1n) is 14.0. The van der Waals surface area contributed by atoms with Crippen LogP contribution in [0, 0.1) is 0 Å². The van der Waals surface area contributed by atoms with Crippen molar-refractivity contribution < 1.29 is 4.74 Å². The highest BCUT2D eigenvalue weighted by Gasteiger charge is 1.96. The molecule has 0 heterocycles. The third-order valence-electron chi connectivity index (χ3n) is 5.49. The molecule has 1 nitrogen and oxygen atoms in total. The Morgan fingerprint density at radius 3 is 1.32 bits per heavy atom. The van der Waals surface area contributed by atoms with E-state index in [1.807, 2.05) is 27.7 Å². The monoisotopic (exact) mass is 434 g/mol. The van der Waals surface area contributed by atoms with Gasteiger partial charge in [-0.2, -0.15) is 0 Å². The van der Waals surface area contributed by atoms with Crippen molar-refractivity contribution in [3.05, 3.63) is 35.9 Å². The minimum absolute atomic E-state index is 0.973. The Morgan fingerprint density at radius 2 is 0.871 bits per heavy atom.